The number of sulfonamides is 1. The van der Waals surface area contributed by atoms with Gasteiger partial charge in [-0.3, -0.25) is 4.72 Å². The molecule has 0 aliphatic heterocycles. The Morgan fingerprint density at radius 2 is 1.90 bits per heavy atom. The van der Waals surface area contributed by atoms with Crippen molar-refractivity contribution in [3.8, 4) is 0 Å². The zero-order chi connectivity index (χ0) is 15.5. The van der Waals surface area contributed by atoms with Gasteiger partial charge in [-0.25, -0.2) is 8.42 Å². The van der Waals surface area contributed by atoms with E-state index >= 15 is 0 Å². The van der Waals surface area contributed by atoms with E-state index in [2.05, 4.69) is 44.7 Å². The Labute approximate surface area is 137 Å². The Morgan fingerprint density at radius 1 is 1.24 bits per heavy atom. The predicted molar refractivity (Wildman–Crippen MR) is 88.3 cm³/mol. The molecule has 21 heavy (non-hydrogen) atoms. The number of nitrogens with zero attached hydrogens (tertiary/aromatic N) is 2. The maximum atomic E-state index is 12.2. The summed E-state index contributed by atoms with van der Waals surface area (Å²) in [7, 11) is -3.61. The third-order valence-electron chi connectivity index (χ3n) is 2.66. The molecule has 2 rings (SSSR count). The lowest BCUT2D eigenvalue weighted by Crippen LogP contribution is -2.12. The van der Waals surface area contributed by atoms with Gasteiger partial charge in [0.15, 0.2) is 0 Å². The average molecular weight is 390 g/mol. The molecule has 0 radical (unpaired) electrons. The Hall–Kier alpha value is -0.990. The molecule has 5 nitrogen and oxygen atoms in total. The summed E-state index contributed by atoms with van der Waals surface area (Å²) in [6.07, 6.45) is 0.791. The minimum absolute atomic E-state index is 0.216. The molecule has 1 N–H and O–H groups in total. The first-order valence-corrected chi connectivity index (χ1v) is 9.83. The minimum atomic E-state index is -3.61. The van der Waals surface area contributed by atoms with Gasteiger partial charge in [-0.15, -0.1) is 10.2 Å². The van der Waals surface area contributed by atoms with E-state index in [1.54, 1.807) is 24.3 Å². The number of alkyl halides is 1. The molecule has 114 valence electrons. The number of hydrogen-bond acceptors (Lipinski definition) is 5. The van der Waals surface area contributed by atoms with Gasteiger partial charge in [-0.1, -0.05) is 53.2 Å². The summed E-state index contributed by atoms with van der Waals surface area (Å²) in [4.78, 5) is 0.216. The summed E-state index contributed by atoms with van der Waals surface area (Å²) < 4.78 is 27.0. The van der Waals surface area contributed by atoms with E-state index in [4.69, 9.17) is 0 Å². The van der Waals surface area contributed by atoms with Gasteiger partial charge in [-0.2, -0.15) is 0 Å². The van der Waals surface area contributed by atoms with Crippen molar-refractivity contribution in [3.05, 3.63) is 34.8 Å². The highest BCUT2D eigenvalue weighted by Crippen LogP contribution is 2.22. The summed E-state index contributed by atoms with van der Waals surface area (Å²) in [6.45, 7) is 4.16. The number of halogens is 1. The summed E-state index contributed by atoms with van der Waals surface area (Å²) in [5.41, 5.74) is 1.02. The molecule has 0 saturated carbocycles. The van der Waals surface area contributed by atoms with Gasteiger partial charge in [0.2, 0.25) is 5.13 Å². The number of hydrogen-bond donors (Lipinski definition) is 1. The van der Waals surface area contributed by atoms with Crippen LogP contribution in [0.25, 0.3) is 0 Å². The highest BCUT2D eigenvalue weighted by atomic mass is 79.9. The van der Waals surface area contributed by atoms with Crippen LogP contribution in [0, 0.1) is 5.92 Å². The van der Waals surface area contributed by atoms with Gasteiger partial charge in [0.1, 0.15) is 5.01 Å². The SMILES string of the molecule is CC(C)Cc1nnc(NS(=O)(=O)c2ccc(CBr)cc2)s1. The van der Waals surface area contributed by atoms with Gasteiger partial charge in [0, 0.05) is 11.8 Å². The van der Waals surface area contributed by atoms with Gasteiger partial charge in [-0.05, 0) is 23.6 Å². The van der Waals surface area contributed by atoms with E-state index in [1.165, 1.54) is 11.3 Å². The first kappa shape index (κ1) is 16.4. The quantitative estimate of drug-likeness (QED) is 0.767. The zero-order valence-corrected chi connectivity index (χ0v) is 14.9. The van der Waals surface area contributed by atoms with E-state index in [0.717, 1.165) is 17.0 Å². The highest BCUT2D eigenvalue weighted by Gasteiger charge is 2.17. The molecule has 1 aromatic heterocycles. The molecule has 0 aliphatic carbocycles. The van der Waals surface area contributed by atoms with Crippen LogP contribution in [-0.2, 0) is 21.8 Å². The molecule has 0 saturated heterocycles. The fourth-order valence-corrected chi connectivity index (χ4v) is 4.21. The molecule has 0 atom stereocenters. The van der Waals surface area contributed by atoms with Crippen LogP contribution >= 0.6 is 27.3 Å². The molecule has 0 fully saturated rings. The normalized spacial score (nSPS) is 11.8. The number of benzene rings is 1. The Balaban J connectivity index is 2.14. The van der Waals surface area contributed by atoms with Crippen LogP contribution in [0.1, 0.15) is 24.4 Å². The van der Waals surface area contributed by atoms with Gasteiger partial charge in [0.25, 0.3) is 10.0 Å². The maximum absolute atomic E-state index is 12.2. The van der Waals surface area contributed by atoms with Crippen LogP contribution in [0.4, 0.5) is 5.13 Å². The molecule has 0 amide bonds. The van der Waals surface area contributed by atoms with E-state index in [9.17, 15) is 8.42 Å². The van der Waals surface area contributed by atoms with E-state index in [0.29, 0.717) is 16.4 Å². The molecule has 8 heteroatoms. The first-order valence-electron chi connectivity index (χ1n) is 6.41. The third kappa shape index (κ3) is 4.49. The lowest BCUT2D eigenvalue weighted by molar-refractivity contribution is 0.601. The molecule has 0 bridgehead atoms. The summed E-state index contributed by atoms with van der Waals surface area (Å²) in [5, 5.41) is 9.70. The predicted octanol–water partition coefficient (Wildman–Crippen LogP) is 3.43. The van der Waals surface area contributed by atoms with Crippen molar-refractivity contribution in [3.63, 3.8) is 0 Å². The summed E-state index contributed by atoms with van der Waals surface area (Å²) in [6, 6.07) is 6.70. The number of anilines is 1. The second kappa shape index (κ2) is 6.85. The van der Waals surface area contributed by atoms with Crippen LogP contribution in [-0.4, -0.2) is 18.6 Å². The Bertz CT molecular complexity index is 696. The van der Waals surface area contributed by atoms with Crippen molar-refractivity contribution in [2.45, 2.75) is 30.5 Å². The van der Waals surface area contributed by atoms with Crippen LogP contribution in [0.15, 0.2) is 29.2 Å². The molecule has 1 heterocycles. The molecule has 0 unspecified atom stereocenters. The summed E-state index contributed by atoms with van der Waals surface area (Å²) >= 11 is 4.60. The van der Waals surface area contributed by atoms with Crippen LogP contribution in [0.2, 0.25) is 0 Å². The standard InChI is InChI=1S/C13H16BrN3O2S2/c1-9(2)7-12-15-16-13(20-12)17-21(18,19)11-5-3-10(8-14)4-6-11/h3-6,9H,7-8H2,1-2H3,(H,16,17). The molecular formula is C13H16BrN3O2S2. The molecule has 0 aliphatic rings. The minimum Gasteiger partial charge on any atom is -0.253 e. The van der Waals surface area contributed by atoms with E-state index in [1.807, 2.05) is 0 Å². The van der Waals surface area contributed by atoms with Gasteiger partial charge < -0.3 is 0 Å². The average Bonchev–Trinajstić information content (AvgIpc) is 2.84. The van der Waals surface area contributed by atoms with Crippen molar-refractivity contribution in [2.24, 2.45) is 5.92 Å². The maximum Gasteiger partial charge on any atom is 0.263 e. The van der Waals surface area contributed by atoms with Crippen LogP contribution in [0.5, 0.6) is 0 Å². The van der Waals surface area contributed by atoms with Crippen molar-refractivity contribution in [1.29, 1.82) is 0 Å². The zero-order valence-electron chi connectivity index (χ0n) is 11.7. The van der Waals surface area contributed by atoms with Crippen LogP contribution in [0.3, 0.4) is 0 Å². The third-order valence-corrected chi connectivity index (χ3v) is 5.65. The van der Waals surface area contributed by atoms with Crippen molar-refractivity contribution in [2.75, 3.05) is 4.72 Å². The van der Waals surface area contributed by atoms with Crippen molar-refractivity contribution < 1.29 is 8.42 Å². The van der Waals surface area contributed by atoms with Gasteiger partial charge >= 0.3 is 0 Å². The largest absolute Gasteiger partial charge is 0.263 e. The lowest BCUT2D eigenvalue weighted by atomic mass is 10.1. The molecule has 1 aromatic carbocycles. The van der Waals surface area contributed by atoms with Crippen molar-refractivity contribution >= 4 is 42.4 Å². The highest BCUT2D eigenvalue weighted by molar-refractivity contribution is 9.08. The second-order valence-corrected chi connectivity index (χ2v) is 8.29. The first-order chi connectivity index (χ1) is 9.90. The molecule has 2 aromatic rings. The van der Waals surface area contributed by atoms with E-state index in [-0.39, 0.29) is 4.90 Å². The lowest BCUT2D eigenvalue weighted by Gasteiger charge is -2.05. The topological polar surface area (TPSA) is 72.0 Å². The van der Waals surface area contributed by atoms with E-state index < -0.39 is 10.0 Å². The molecule has 0 spiro atoms. The fraction of sp³-hybridized carbons (Fsp3) is 0.385. The number of rotatable bonds is 6. The number of nitrogens with one attached hydrogen (secondary N) is 1. The van der Waals surface area contributed by atoms with Crippen molar-refractivity contribution in [1.82, 2.24) is 10.2 Å². The monoisotopic (exact) mass is 389 g/mol. The van der Waals surface area contributed by atoms with Gasteiger partial charge in [0.05, 0.1) is 4.90 Å². The Morgan fingerprint density at radius 3 is 2.48 bits per heavy atom. The Kier molecular flexibility index (Phi) is 5.34. The molecular weight excluding hydrogens is 374 g/mol. The smallest absolute Gasteiger partial charge is 0.253 e. The fourth-order valence-electron chi connectivity index (χ4n) is 1.66. The van der Waals surface area contributed by atoms with Crippen LogP contribution < -0.4 is 4.72 Å². The second-order valence-electron chi connectivity index (χ2n) is 4.98. The summed E-state index contributed by atoms with van der Waals surface area (Å²) in [5.74, 6) is 0.458. The number of aromatic nitrogens is 2.